The van der Waals surface area contributed by atoms with Gasteiger partial charge in [0, 0.05) is 48.1 Å². The highest BCUT2D eigenvalue weighted by molar-refractivity contribution is 7.90. The summed E-state index contributed by atoms with van der Waals surface area (Å²) in [7, 11) is -3.91. The topological polar surface area (TPSA) is 107 Å². The van der Waals surface area contributed by atoms with Crippen LogP contribution in [0.25, 0.3) is 0 Å². The molecule has 1 N–H and O–H groups in total. The van der Waals surface area contributed by atoms with E-state index in [2.05, 4.69) is 14.5 Å². The number of ether oxygens (including phenoxy) is 4. The van der Waals surface area contributed by atoms with Gasteiger partial charge in [-0.2, -0.15) is 0 Å². The number of hydrogen-bond acceptors (Lipinski definition) is 9. The molecule has 0 aromatic heterocycles. The van der Waals surface area contributed by atoms with Crippen LogP contribution in [0.5, 0.6) is 5.75 Å². The normalized spacial score (nSPS) is 33.8. The molecule has 4 fully saturated rings. The Kier molecular flexibility index (Phi) is 10.6. The van der Waals surface area contributed by atoms with E-state index in [1.807, 2.05) is 37.3 Å². The van der Waals surface area contributed by atoms with E-state index in [0.29, 0.717) is 48.4 Å². The first-order chi connectivity index (χ1) is 25.1. The highest BCUT2D eigenvalue weighted by Crippen LogP contribution is 2.47. The van der Waals surface area contributed by atoms with Crippen molar-refractivity contribution in [2.75, 3.05) is 57.5 Å². The maximum absolute atomic E-state index is 13.6. The summed E-state index contributed by atoms with van der Waals surface area (Å²) >= 11 is 6.40. The molecule has 284 valence electrons. The Morgan fingerprint density at radius 1 is 0.904 bits per heavy atom. The van der Waals surface area contributed by atoms with Crippen molar-refractivity contribution in [3.8, 4) is 5.75 Å². The molecular weight excluding hydrogens is 702 g/mol. The zero-order valence-electron chi connectivity index (χ0n) is 30.6. The Morgan fingerprint density at radius 2 is 1.71 bits per heavy atom. The van der Waals surface area contributed by atoms with Crippen LogP contribution >= 0.6 is 11.6 Å². The minimum Gasteiger partial charge on any atom is -0.487 e. The van der Waals surface area contributed by atoms with E-state index in [4.69, 9.17) is 30.5 Å². The summed E-state index contributed by atoms with van der Waals surface area (Å²) in [6, 6.07) is 11.6. The van der Waals surface area contributed by atoms with Crippen LogP contribution in [0.2, 0.25) is 5.02 Å². The first-order valence-corrected chi connectivity index (χ1v) is 21.4. The largest absolute Gasteiger partial charge is 0.487 e. The van der Waals surface area contributed by atoms with E-state index in [-0.39, 0.29) is 24.2 Å². The summed E-state index contributed by atoms with van der Waals surface area (Å²) in [5.41, 5.74) is 3.78. The molecule has 2 aromatic carbocycles. The molecule has 2 bridgehead atoms. The van der Waals surface area contributed by atoms with Gasteiger partial charge < -0.3 is 23.8 Å². The number of carbonyl (C=O) groups excluding carboxylic acids is 1. The van der Waals surface area contributed by atoms with Gasteiger partial charge in [-0.3, -0.25) is 9.69 Å². The lowest BCUT2D eigenvalue weighted by Crippen LogP contribution is -2.70. The van der Waals surface area contributed by atoms with E-state index in [0.717, 1.165) is 107 Å². The quantitative estimate of drug-likeness (QED) is 0.393. The van der Waals surface area contributed by atoms with Crippen LogP contribution in [0, 0.1) is 29.1 Å². The number of hydrogen-bond donors (Lipinski definition) is 1. The predicted octanol–water partition coefficient (Wildman–Crippen LogP) is 6.05. The lowest BCUT2D eigenvalue weighted by Gasteiger charge is -2.58. The SMILES string of the molecule is C[C@@H]1[C@@H](C)CCC[C@@H](C2OCC(N3CC4(COC4)C3)CO2)[C@@H]2CC[C@H]2CN2CCCCc3cc(Cl)ccc3COc3ccc(cc32)C(=O)NS1(=O)=O. The molecule has 1 spiro atoms. The fourth-order valence-corrected chi connectivity index (χ4v) is 10.9. The maximum atomic E-state index is 13.6. The lowest BCUT2D eigenvalue weighted by atomic mass is 9.65. The van der Waals surface area contributed by atoms with E-state index in [9.17, 15) is 13.2 Å². The number of fused-ring (bicyclic) bond motifs is 3. The van der Waals surface area contributed by atoms with Crippen LogP contribution in [0.15, 0.2) is 36.4 Å². The number of nitrogens with one attached hydrogen (secondary N) is 1. The molecule has 52 heavy (non-hydrogen) atoms. The number of anilines is 1. The molecule has 3 saturated heterocycles. The zero-order valence-corrected chi connectivity index (χ0v) is 32.1. The van der Waals surface area contributed by atoms with Gasteiger partial charge in [0.1, 0.15) is 12.4 Å². The molecule has 5 aliphatic heterocycles. The number of rotatable bonds is 2. The summed E-state index contributed by atoms with van der Waals surface area (Å²) < 4.78 is 54.7. The second-order valence-electron chi connectivity index (χ2n) is 16.6. The summed E-state index contributed by atoms with van der Waals surface area (Å²) in [5.74, 6) is 1.02. The Hall–Kier alpha value is -2.41. The average molecular weight is 756 g/mol. The van der Waals surface area contributed by atoms with Crippen LogP contribution in [0.1, 0.15) is 80.3 Å². The molecule has 2 aromatic rings. The van der Waals surface area contributed by atoms with Gasteiger partial charge in [-0.15, -0.1) is 0 Å². The molecule has 12 heteroatoms. The molecule has 1 saturated carbocycles. The number of amides is 1. The molecule has 5 atom stereocenters. The second-order valence-corrected chi connectivity index (χ2v) is 19.1. The van der Waals surface area contributed by atoms with Crippen LogP contribution in [-0.2, 0) is 37.3 Å². The lowest BCUT2D eigenvalue weighted by molar-refractivity contribution is -0.267. The van der Waals surface area contributed by atoms with Crippen LogP contribution < -0.4 is 14.4 Å². The minimum atomic E-state index is -3.91. The van der Waals surface area contributed by atoms with Crippen molar-refractivity contribution in [1.29, 1.82) is 0 Å². The Morgan fingerprint density at radius 3 is 2.44 bits per heavy atom. The van der Waals surface area contributed by atoms with Crippen LogP contribution in [0.3, 0.4) is 0 Å². The molecule has 8 rings (SSSR count). The van der Waals surface area contributed by atoms with E-state index in [1.165, 1.54) is 5.56 Å². The molecule has 6 aliphatic rings. The van der Waals surface area contributed by atoms with Crippen LogP contribution in [-0.4, -0.2) is 89.4 Å². The Balaban J connectivity index is 1.07. The summed E-state index contributed by atoms with van der Waals surface area (Å²) in [5, 5.41) is -0.00417. The summed E-state index contributed by atoms with van der Waals surface area (Å²) in [6.07, 6.45) is 7.34. The average Bonchev–Trinajstić information content (AvgIpc) is 3.11. The van der Waals surface area contributed by atoms with Crippen molar-refractivity contribution in [1.82, 2.24) is 9.62 Å². The highest BCUT2D eigenvalue weighted by Gasteiger charge is 2.52. The fraction of sp³-hybridized carbons (Fsp3) is 0.675. The number of benzene rings is 2. The standard InChI is InChI=1S/C40H54ClN3O7S/c1-26-6-5-8-35(39-50-20-33(21-51-39)44-22-40(23-44)24-48-25-40)34-13-10-30(34)18-43-15-4-3-7-28-16-32(41)12-9-31(28)19-49-37-14-11-29(17-36(37)43)38(45)42-52(46,47)27(26)2/h9,11-12,14,16-17,26-27,30,33-35,39H,3-8,10,13,15,18-25H2,1-2H3,(H,42,45)/t26-,27+,30-,33?,34+,35+,39?/m0/s1. The third-order valence-corrected chi connectivity index (χ3v) is 15.3. The van der Waals surface area contributed by atoms with Crippen molar-refractivity contribution in [3.63, 3.8) is 0 Å². The van der Waals surface area contributed by atoms with Gasteiger partial charge in [0.2, 0.25) is 10.0 Å². The molecule has 10 nitrogen and oxygen atoms in total. The van der Waals surface area contributed by atoms with Crippen LogP contribution in [0.4, 0.5) is 5.69 Å². The van der Waals surface area contributed by atoms with Crippen molar-refractivity contribution in [2.45, 2.75) is 89.4 Å². The van der Waals surface area contributed by atoms with Gasteiger partial charge in [-0.1, -0.05) is 31.0 Å². The first kappa shape index (κ1) is 36.6. The fourth-order valence-electron chi connectivity index (χ4n) is 9.41. The Bertz CT molecular complexity index is 1720. The molecular formula is C40H54ClN3O7S. The third-order valence-electron chi connectivity index (χ3n) is 13.1. The monoisotopic (exact) mass is 755 g/mol. The molecule has 5 heterocycles. The van der Waals surface area contributed by atoms with E-state index < -0.39 is 21.2 Å². The highest BCUT2D eigenvalue weighted by atomic mass is 35.5. The van der Waals surface area contributed by atoms with Gasteiger partial charge in [0.25, 0.3) is 5.91 Å². The number of nitrogens with zero attached hydrogens (tertiary/aromatic N) is 2. The Labute approximate surface area is 313 Å². The third kappa shape index (κ3) is 7.47. The molecule has 1 amide bonds. The van der Waals surface area contributed by atoms with Crippen molar-refractivity contribution in [2.24, 2.45) is 29.1 Å². The molecule has 0 radical (unpaired) electrons. The van der Waals surface area contributed by atoms with E-state index >= 15 is 0 Å². The van der Waals surface area contributed by atoms with Gasteiger partial charge >= 0.3 is 0 Å². The van der Waals surface area contributed by atoms with Gasteiger partial charge in [-0.05, 0) is 111 Å². The first-order valence-electron chi connectivity index (χ1n) is 19.5. The number of likely N-dealkylation sites (tertiary alicyclic amines) is 1. The van der Waals surface area contributed by atoms with Crippen molar-refractivity contribution >= 4 is 33.2 Å². The number of halogens is 1. The van der Waals surface area contributed by atoms with Crippen molar-refractivity contribution in [3.05, 3.63) is 58.1 Å². The number of aryl methyl sites for hydroxylation is 1. The predicted molar refractivity (Wildman–Crippen MR) is 200 cm³/mol. The van der Waals surface area contributed by atoms with Gasteiger partial charge in [-0.25, -0.2) is 13.1 Å². The zero-order chi connectivity index (χ0) is 36.0. The molecule has 1 aliphatic carbocycles. The number of sulfonamides is 1. The minimum absolute atomic E-state index is 0.128. The maximum Gasteiger partial charge on any atom is 0.264 e. The molecule has 0 unspecified atom stereocenters. The van der Waals surface area contributed by atoms with E-state index in [1.54, 1.807) is 13.0 Å². The summed E-state index contributed by atoms with van der Waals surface area (Å²) in [4.78, 5) is 18.4. The second kappa shape index (κ2) is 15.0. The van der Waals surface area contributed by atoms with Gasteiger partial charge in [0.15, 0.2) is 6.29 Å². The smallest absolute Gasteiger partial charge is 0.264 e. The van der Waals surface area contributed by atoms with Gasteiger partial charge in [0.05, 0.1) is 43.4 Å². The summed E-state index contributed by atoms with van der Waals surface area (Å²) in [6.45, 7) is 10.9. The van der Waals surface area contributed by atoms with Crippen molar-refractivity contribution < 1.29 is 32.2 Å². The number of carbonyl (C=O) groups is 1.